The number of rotatable bonds is 7. The molecule has 0 spiro atoms. The number of fused-ring (bicyclic) bond motifs is 2. The predicted molar refractivity (Wildman–Crippen MR) is 127 cm³/mol. The smallest absolute Gasteiger partial charge is 0.170 e. The summed E-state index contributed by atoms with van der Waals surface area (Å²) in [7, 11) is 3.32. The van der Waals surface area contributed by atoms with Crippen LogP contribution in [0, 0.1) is 5.82 Å². The highest BCUT2D eigenvalue weighted by atomic mass is 19.1. The third kappa shape index (κ3) is 4.76. The summed E-state index contributed by atoms with van der Waals surface area (Å²) in [6.07, 6.45) is 2.42. The summed E-state index contributed by atoms with van der Waals surface area (Å²) in [5.41, 5.74) is 3.95. The molecule has 0 bridgehead atoms. The predicted octanol–water partition coefficient (Wildman–Crippen LogP) is 3.58. The van der Waals surface area contributed by atoms with Crippen LogP contribution in [-0.4, -0.2) is 73.1 Å². The summed E-state index contributed by atoms with van der Waals surface area (Å²) in [5.74, 6) is 1.50. The molecule has 1 saturated heterocycles. The van der Waals surface area contributed by atoms with Gasteiger partial charge in [-0.15, -0.1) is 0 Å². The first-order chi connectivity index (χ1) is 16.5. The Balaban J connectivity index is 1.13. The van der Waals surface area contributed by atoms with E-state index in [9.17, 15) is 9.50 Å². The molecule has 2 aliphatic rings. The van der Waals surface area contributed by atoms with Crippen LogP contribution in [0.4, 0.5) is 4.39 Å². The molecule has 0 amide bonds. The Labute approximate surface area is 199 Å². The van der Waals surface area contributed by atoms with Gasteiger partial charge in [-0.25, -0.2) is 4.39 Å². The molecule has 1 atom stereocenters. The fourth-order valence-corrected chi connectivity index (χ4v) is 5.37. The van der Waals surface area contributed by atoms with Gasteiger partial charge in [0.15, 0.2) is 17.1 Å². The van der Waals surface area contributed by atoms with Crippen LogP contribution in [0.1, 0.15) is 35.6 Å². The number of benzene rings is 2. The van der Waals surface area contributed by atoms with E-state index in [1.165, 1.54) is 23.3 Å². The molecular weight excluding hydrogens is 437 g/mol. The fraction of sp³-hybridized carbons (Fsp3) is 0.500. The Morgan fingerprint density at radius 2 is 1.74 bits per heavy atom. The van der Waals surface area contributed by atoms with E-state index in [1.807, 2.05) is 0 Å². The first-order valence-corrected chi connectivity index (χ1v) is 12.0. The van der Waals surface area contributed by atoms with Gasteiger partial charge < -0.3 is 24.0 Å². The maximum Gasteiger partial charge on any atom is 0.170 e. The van der Waals surface area contributed by atoms with Crippen molar-refractivity contribution in [2.45, 2.75) is 37.8 Å². The van der Waals surface area contributed by atoms with Crippen molar-refractivity contribution in [3.63, 3.8) is 0 Å². The number of methoxy groups -OCH3 is 2. The van der Waals surface area contributed by atoms with Crippen molar-refractivity contribution in [2.75, 3.05) is 46.9 Å². The lowest BCUT2D eigenvalue weighted by Crippen LogP contribution is -2.44. The van der Waals surface area contributed by atoms with Crippen molar-refractivity contribution in [2.24, 2.45) is 0 Å². The molecular formula is C26H32FN3O4. The molecule has 0 aliphatic carbocycles. The van der Waals surface area contributed by atoms with Gasteiger partial charge in [-0.3, -0.25) is 4.90 Å². The number of piperidine rings is 1. The molecule has 2 aliphatic heterocycles. The van der Waals surface area contributed by atoms with Crippen molar-refractivity contribution in [3.8, 4) is 11.5 Å². The molecule has 0 saturated carbocycles. The summed E-state index contributed by atoms with van der Waals surface area (Å²) >= 11 is 0. The highest BCUT2D eigenvalue weighted by Gasteiger charge is 2.27. The van der Waals surface area contributed by atoms with E-state index >= 15 is 0 Å². The van der Waals surface area contributed by atoms with Gasteiger partial charge in [0.25, 0.3) is 0 Å². The lowest BCUT2D eigenvalue weighted by Gasteiger charge is -2.35. The highest BCUT2D eigenvalue weighted by molar-refractivity contribution is 5.79. The van der Waals surface area contributed by atoms with Gasteiger partial charge in [-0.1, -0.05) is 5.16 Å². The van der Waals surface area contributed by atoms with E-state index in [-0.39, 0.29) is 5.82 Å². The second kappa shape index (κ2) is 9.90. The van der Waals surface area contributed by atoms with E-state index in [0.717, 1.165) is 68.0 Å². The van der Waals surface area contributed by atoms with Crippen molar-refractivity contribution < 1.29 is 23.5 Å². The molecule has 1 N–H and O–H groups in total. The first kappa shape index (κ1) is 23.1. The zero-order valence-corrected chi connectivity index (χ0v) is 19.8. The summed E-state index contributed by atoms with van der Waals surface area (Å²) < 4.78 is 29.7. The summed E-state index contributed by atoms with van der Waals surface area (Å²) in [4.78, 5) is 4.64. The zero-order chi connectivity index (χ0) is 23.7. The number of aliphatic hydroxyl groups excluding tert-OH is 1. The van der Waals surface area contributed by atoms with Gasteiger partial charge in [-0.05, 0) is 67.7 Å². The number of ether oxygens (including phenoxy) is 2. The number of hydrogen-bond donors (Lipinski definition) is 1. The third-order valence-corrected chi connectivity index (χ3v) is 7.17. The van der Waals surface area contributed by atoms with Crippen LogP contribution in [0.2, 0.25) is 0 Å². The Bertz CT molecular complexity index is 1140. The topological polar surface area (TPSA) is 71.2 Å². The Morgan fingerprint density at radius 3 is 2.47 bits per heavy atom. The minimum atomic E-state index is -0.408. The van der Waals surface area contributed by atoms with E-state index in [1.54, 1.807) is 20.3 Å². The number of β-amino-alcohol motifs (C(OH)–C–C–N with tert-alkyl or cyclic N) is 1. The number of aromatic nitrogens is 1. The quantitative estimate of drug-likeness (QED) is 0.567. The first-order valence-electron chi connectivity index (χ1n) is 12.0. The van der Waals surface area contributed by atoms with Gasteiger partial charge >= 0.3 is 0 Å². The van der Waals surface area contributed by atoms with Gasteiger partial charge in [-0.2, -0.15) is 0 Å². The van der Waals surface area contributed by atoms with Gasteiger partial charge in [0, 0.05) is 43.5 Å². The van der Waals surface area contributed by atoms with Crippen LogP contribution < -0.4 is 9.47 Å². The second-order valence-electron chi connectivity index (χ2n) is 9.40. The zero-order valence-electron chi connectivity index (χ0n) is 19.8. The summed E-state index contributed by atoms with van der Waals surface area (Å²) in [5, 5.41) is 15.9. The number of nitrogens with zero attached hydrogens (tertiary/aromatic N) is 3. The molecule has 182 valence electrons. The molecule has 8 heteroatoms. The van der Waals surface area contributed by atoms with Gasteiger partial charge in [0.05, 0.1) is 26.0 Å². The molecule has 1 fully saturated rings. The van der Waals surface area contributed by atoms with E-state index in [2.05, 4.69) is 27.1 Å². The largest absolute Gasteiger partial charge is 0.493 e. The Kier molecular flexibility index (Phi) is 6.72. The highest BCUT2D eigenvalue weighted by Crippen LogP contribution is 2.34. The minimum Gasteiger partial charge on any atom is -0.493 e. The van der Waals surface area contributed by atoms with E-state index in [4.69, 9.17) is 14.0 Å². The van der Waals surface area contributed by atoms with Crippen LogP contribution >= 0.6 is 0 Å². The molecule has 1 unspecified atom stereocenters. The maximum absolute atomic E-state index is 13.4. The second-order valence-corrected chi connectivity index (χ2v) is 9.40. The molecule has 34 heavy (non-hydrogen) atoms. The standard InChI is InChI=1S/C26H32FN3O4/c1-32-24-11-18-7-10-30(14-19(18)12-25(24)33-2)16-21(31)15-29-8-5-17(6-9-29)26-22-4-3-20(27)13-23(22)34-28-26/h3-4,11-13,17,21,31H,5-10,14-16H2,1-2H3. The molecule has 3 heterocycles. The van der Waals surface area contributed by atoms with Gasteiger partial charge in [0.1, 0.15) is 5.82 Å². The van der Waals surface area contributed by atoms with Crippen molar-refractivity contribution >= 4 is 11.0 Å². The van der Waals surface area contributed by atoms with Crippen molar-refractivity contribution in [1.29, 1.82) is 0 Å². The SMILES string of the molecule is COc1cc2c(cc1OC)CN(CC(O)CN1CCC(c3noc4cc(F)ccc34)CC1)CC2. The number of hydrogen-bond acceptors (Lipinski definition) is 7. The summed E-state index contributed by atoms with van der Waals surface area (Å²) in [6, 6.07) is 8.73. The van der Waals surface area contributed by atoms with Crippen molar-refractivity contribution in [1.82, 2.24) is 15.0 Å². The van der Waals surface area contributed by atoms with Crippen LogP contribution in [0.15, 0.2) is 34.9 Å². The van der Waals surface area contributed by atoms with E-state index < -0.39 is 6.10 Å². The number of likely N-dealkylation sites (tertiary alicyclic amines) is 1. The lowest BCUT2D eigenvalue weighted by molar-refractivity contribution is 0.0603. The van der Waals surface area contributed by atoms with Crippen molar-refractivity contribution in [3.05, 3.63) is 53.0 Å². The lowest BCUT2D eigenvalue weighted by atomic mass is 9.91. The molecule has 1 aromatic heterocycles. The Hall–Kier alpha value is -2.68. The molecule has 5 rings (SSSR count). The molecule has 7 nitrogen and oxygen atoms in total. The van der Waals surface area contributed by atoms with Crippen LogP contribution in [0.25, 0.3) is 11.0 Å². The van der Waals surface area contributed by atoms with Crippen LogP contribution in [-0.2, 0) is 13.0 Å². The third-order valence-electron chi connectivity index (χ3n) is 7.17. The van der Waals surface area contributed by atoms with E-state index in [0.29, 0.717) is 24.6 Å². The average Bonchev–Trinajstić information content (AvgIpc) is 3.26. The fourth-order valence-electron chi connectivity index (χ4n) is 5.37. The van der Waals surface area contributed by atoms with Gasteiger partial charge in [0.2, 0.25) is 0 Å². The van der Waals surface area contributed by atoms with Crippen LogP contribution in [0.5, 0.6) is 11.5 Å². The number of halogens is 1. The van der Waals surface area contributed by atoms with Crippen LogP contribution in [0.3, 0.4) is 0 Å². The molecule has 2 aromatic carbocycles. The Morgan fingerprint density at radius 1 is 1.03 bits per heavy atom. The molecule has 0 radical (unpaired) electrons. The normalized spacial score (nSPS) is 18.7. The number of aliphatic hydroxyl groups is 1. The monoisotopic (exact) mass is 469 g/mol. The molecule has 3 aromatic rings. The maximum atomic E-state index is 13.4. The minimum absolute atomic E-state index is 0.297. The summed E-state index contributed by atoms with van der Waals surface area (Å²) in [6.45, 7) is 4.82. The average molecular weight is 470 g/mol.